The molecule has 0 amide bonds. The van der Waals surface area contributed by atoms with E-state index in [-0.39, 0.29) is 5.16 Å². The van der Waals surface area contributed by atoms with Crippen molar-refractivity contribution >= 4 is 52.2 Å². The first-order chi connectivity index (χ1) is 13.7. The lowest BCUT2D eigenvalue weighted by atomic mass is 9.89. The third-order valence-electron chi connectivity index (χ3n) is 6.15. The standard InChI is InChI=1S/C25H25PS2/c27-24(28)25(19-11-4-12-20-25)26(21-13-5-1-6-14-21,22-15-7-2-8-16-22)23-17-9-3-10-18-23/h1-3,5-10,13-18H,4,11-12,19-20H2/p+1. The lowest BCUT2D eigenvalue weighted by molar-refractivity contribution is 0.470. The monoisotopic (exact) mass is 421 g/mol. The second-order valence-electron chi connectivity index (χ2n) is 7.57. The first-order valence-corrected chi connectivity index (χ1v) is 12.7. The van der Waals surface area contributed by atoms with Crippen LogP contribution in [0.15, 0.2) is 91.0 Å². The Balaban J connectivity index is 2.14. The predicted octanol–water partition coefficient (Wildman–Crippen LogP) is 5.94. The molecule has 3 aromatic rings. The van der Waals surface area contributed by atoms with Crippen molar-refractivity contribution in [3.63, 3.8) is 0 Å². The summed E-state index contributed by atoms with van der Waals surface area (Å²) in [5.74, 6) is 0. The van der Waals surface area contributed by atoms with Crippen LogP contribution in [0.25, 0.3) is 0 Å². The van der Waals surface area contributed by atoms with Gasteiger partial charge in [0.2, 0.25) is 0 Å². The molecule has 4 rings (SSSR count). The van der Waals surface area contributed by atoms with Crippen LogP contribution < -0.4 is 15.9 Å². The smallest absolute Gasteiger partial charge is 0.132 e. The van der Waals surface area contributed by atoms with E-state index < -0.39 is 7.26 Å². The number of rotatable bonds is 5. The van der Waals surface area contributed by atoms with E-state index in [9.17, 15) is 0 Å². The lowest BCUT2D eigenvalue weighted by Gasteiger charge is -2.46. The van der Waals surface area contributed by atoms with Crippen molar-refractivity contribution in [2.45, 2.75) is 37.3 Å². The largest absolute Gasteiger partial charge is 0.134 e. The minimum absolute atomic E-state index is 0.0895. The zero-order valence-corrected chi connectivity index (χ0v) is 18.6. The molecule has 0 N–H and O–H groups in total. The average molecular weight is 422 g/mol. The van der Waals surface area contributed by atoms with Crippen LogP contribution in [0.2, 0.25) is 0 Å². The molecule has 0 spiro atoms. The summed E-state index contributed by atoms with van der Waals surface area (Å²) in [5.41, 5.74) is 0. The topological polar surface area (TPSA) is 0 Å². The first kappa shape index (κ1) is 19.8. The van der Waals surface area contributed by atoms with Crippen LogP contribution in [0.5, 0.6) is 0 Å². The van der Waals surface area contributed by atoms with Crippen molar-refractivity contribution < 1.29 is 0 Å². The Morgan fingerprint density at radius 2 is 1.00 bits per heavy atom. The number of thiocarbonyl (C=S) groups is 1. The molecule has 3 heteroatoms. The molecular formula is C25H26PS2+. The van der Waals surface area contributed by atoms with Gasteiger partial charge in [-0.15, -0.1) is 12.6 Å². The van der Waals surface area contributed by atoms with Crippen LogP contribution in [0.4, 0.5) is 0 Å². The van der Waals surface area contributed by atoms with Gasteiger partial charge in [-0.3, -0.25) is 0 Å². The van der Waals surface area contributed by atoms with Gasteiger partial charge >= 0.3 is 0 Å². The normalized spacial score (nSPS) is 16.5. The van der Waals surface area contributed by atoms with Crippen LogP contribution in [0, 0.1) is 0 Å². The minimum Gasteiger partial charge on any atom is -0.132 e. The Kier molecular flexibility index (Phi) is 6.01. The molecule has 0 nitrogen and oxygen atoms in total. The zero-order chi connectivity index (χ0) is 19.5. The quantitative estimate of drug-likeness (QED) is 0.302. The van der Waals surface area contributed by atoms with Crippen molar-refractivity contribution in [1.29, 1.82) is 0 Å². The van der Waals surface area contributed by atoms with Crippen LogP contribution in [0.1, 0.15) is 32.1 Å². The fourth-order valence-corrected chi connectivity index (χ4v) is 11.8. The van der Waals surface area contributed by atoms with Gasteiger partial charge in [0.05, 0.1) is 4.20 Å². The van der Waals surface area contributed by atoms with Gasteiger partial charge in [0.15, 0.2) is 0 Å². The summed E-state index contributed by atoms with van der Waals surface area (Å²) in [6, 6.07) is 33.3. The summed E-state index contributed by atoms with van der Waals surface area (Å²) in [6.45, 7) is 0. The van der Waals surface area contributed by atoms with E-state index in [0.29, 0.717) is 0 Å². The van der Waals surface area contributed by atoms with Crippen molar-refractivity contribution in [3.8, 4) is 0 Å². The fourth-order valence-electron chi connectivity index (χ4n) is 4.97. The molecule has 0 aliphatic heterocycles. The minimum atomic E-state index is -2.03. The third-order valence-corrected chi connectivity index (χ3v) is 12.5. The van der Waals surface area contributed by atoms with Gasteiger partial charge < -0.3 is 0 Å². The maximum absolute atomic E-state index is 5.97. The number of benzene rings is 3. The van der Waals surface area contributed by atoms with Gasteiger partial charge in [-0.25, -0.2) is 0 Å². The van der Waals surface area contributed by atoms with Gasteiger partial charge in [-0.1, -0.05) is 73.2 Å². The molecular weight excluding hydrogens is 395 g/mol. The van der Waals surface area contributed by atoms with Crippen molar-refractivity contribution in [2.24, 2.45) is 0 Å². The fraction of sp³-hybridized carbons (Fsp3) is 0.240. The highest BCUT2D eigenvalue weighted by molar-refractivity contribution is 8.14. The van der Waals surface area contributed by atoms with E-state index in [1.54, 1.807) is 0 Å². The summed E-state index contributed by atoms with van der Waals surface area (Å²) in [4.78, 5) is 0. The van der Waals surface area contributed by atoms with E-state index in [1.807, 2.05) is 0 Å². The van der Waals surface area contributed by atoms with E-state index in [0.717, 1.165) is 17.0 Å². The summed E-state index contributed by atoms with van der Waals surface area (Å²) in [6.07, 6.45) is 5.95. The van der Waals surface area contributed by atoms with E-state index in [2.05, 4.69) is 91.0 Å². The molecule has 0 atom stereocenters. The zero-order valence-electron chi connectivity index (χ0n) is 16.0. The van der Waals surface area contributed by atoms with Crippen LogP contribution in [0.3, 0.4) is 0 Å². The Morgan fingerprint density at radius 1 is 0.643 bits per heavy atom. The van der Waals surface area contributed by atoms with E-state index in [1.165, 1.54) is 35.2 Å². The highest BCUT2D eigenvalue weighted by Crippen LogP contribution is 2.70. The molecule has 1 aliphatic rings. The van der Waals surface area contributed by atoms with Gasteiger partial charge in [0.1, 0.15) is 28.3 Å². The molecule has 0 unspecified atom stereocenters. The molecule has 3 aromatic carbocycles. The molecule has 0 radical (unpaired) electrons. The molecule has 0 aromatic heterocycles. The van der Waals surface area contributed by atoms with E-state index in [4.69, 9.17) is 24.8 Å². The predicted molar refractivity (Wildman–Crippen MR) is 133 cm³/mol. The number of thiol groups is 1. The molecule has 1 saturated carbocycles. The maximum Gasteiger partial charge on any atom is 0.134 e. The van der Waals surface area contributed by atoms with Crippen molar-refractivity contribution in [2.75, 3.05) is 0 Å². The number of hydrogen-bond acceptors (Lipinski definition) is 1. The lowest BCUT2D eigenvalue weighted by Crippen LogP contribution is -2.51. The van der Waals surface area contributed by atoms with Crippen LogP contribution in [-0.2, 0) is 0 Å². The Bertz CT molecular complexity index is 820. The summed E-state index contributed by atoms with van der Waals surface area (Å²) in [5, 5.41) is 4.13. The average Bonchev–Trinajstić information content (AvgIpc) is 2.77. The Labute approximate surface area is 180 Å². The molecule has 0 saturated heterocycles. The number of hydrogen-bond donors (Lipinski definition) is 1. The van der Waals surface area contributed by atoms with Gasteiger partial charge in [-0.2, -0.15) is 0 Å². The van der Waals surface area contributed by atoms with Crippen LogP contribution >= 0.6 is 32.1 Å². The van der Waals surface area contributed by atoms with Gasteiger partial charge in [0.25, 0.3) is 0 Å². The second kappa shape index (κ2) is 8.49. The van der Waals surface area contributed by atoms with Gasteiger partial charge in [-0.05, 0) is 62.1 Å². The maximum atomic E-state index is 5.97. The molecule has 0 bridgehead atoms. The molecule has 1 aliphatic carbocycles. The highest BCUT2D eigenvalue weighted by atomic mass is 32.1. The van der Waals surface area contributed by atoms with Gasteiger partial charge in [0, 0.05) is 0 Å². The van der Waals surface area contributed by atoms with E-state index >= 15 is 0 Å². The molecule has 0 heterocycles. The van der Waals surface area contributed by atoms with Crippen LogP contribution in [-0.4, -0.2) is 9.35 Å². The first-order valence-electron chi connectivity index (χ1n) is 10.0. The molecule has 28 heavy (non-hydrogen) atoms. The van der Waals surface area contributed by atoms with Crippen molar-refractivity contribution in [3.05, 3.63) is 91.0 Å². The summed E-state index contributed by atoms with van der Waals surface area (Å²) >= 11 is 10.9. The third kappa shape index (κ3) is 3.16. The highest BCUT2D eigenvalue weighted by Gasteiger charge is 2.64. The summed E-state index contributed by atoms with van der Waals surface area (Å²) < 4.78 is 0.886. The Morgan fingerprint density at radius 3 is 1.32 bits per heavy atom. The van der Waals surface area contributed by atoms with Crippen molar-refractivity contribution in [1.82, 2.24) is 0 Å². The molecule has 142 valence electrons. The Hall–Kier alpha value is -1.47. The molecule has 1 fully saturated rings. The SMILES string of the molecule is S=C(S)C1([P+](c2ccccc2)(c2ccccc2)c2ccccc2)CCCCC1. The summed E-state index contributed by atoms with van der Waals surface area (Å²) in [7, 11) is -2.03. The second-order valence-corrected chi connectivity index (χ2v) is 12.5.